The van der Waals surface area contributed by atoms with Crippen LogP contribution in [0.25, 0.3) is 33.2 Å². The van der Waals surface area contributed by atoms with E-state index in [1.54, 1.807) is 9.36 Å². The highest BCUT2D eigenvalue weighted by Crippen LogP contribution is 2.27. The van der Waals surface area contributed by atoms with Crippen LogP contribution in [0.4, 0.5) is 0 Å². The molecule has 280 valence electrons. The third kappa shape index (κ3) is 10.5. The number of fused-ring (bicyclic) bond motifs is 2. The van der Waals surface area contributed by atoms with Gasteiger partial charge in [0.2, 0.25) is 5.91 Å². The van der Waals surface area contributed by atoms with E-state index in [1.165, 1.54) is 35.0 Å². The quantitative estimate of drug-likeness (QED) is 0.104. The van der Waals surface area contributed by atoms with E-state index in [4.69, 9.17) is 15.2 Å². The molecule has 0 bridgehead atoms. The molecule has 0 radical (unpaired) electrons. The van der Waals surface area contributed by atoms with Crippen molar-refractivity contribution in [1.82, 2.24) is 24.9 Å². The SMILES string of the molecule is CC(=O)OC(C)=O.COC(=O)c1nn(-c2cccc(Br)c2)c2ccc(CN)cc12.COC(=O)c1nn(-c2cccc(Br)c2)c2ccc(CNC(C)=O)cc12. The molecule has 6 aromatic rings. The topological polar surface area (TPSA) is 187 Å². The number of halogens is 2. The van der Waals surface area contributed by atoms with E-state index in [9.17, 15) is 24.0 Å². The van der Waals surface area contributed by atoms with Crippen LogP contribution in [0.1, 0.15) is 52.9 Å². The number of nitrogens with zero attached hydrogens (tertiary/aromatic N) is 4. The summed E-state index contributed by atoms with van der Waals surface area (Å²) < 4.78 is 19.0. The number of methoxy groups -OCH3 is 2. The molecule has 54 heavy (non-hydrogen) atoms. The molecule has 0 aliphatic carbocycles. The first-order chi connectivity index (χ1) is 25.8. The first kappa shape index (κ1) is 41.1. The van der Waals surface area contributed by atoms with Gasteiger partial charge in [0, 0.05) is 53.6 Å². The molecule has 16 heteroatoms. The first-order valence-corrected chi connectivity index (χ1v) is 17.7. The number of nitrogens with two attached hydrogens (primary N) is 1. The minimum atomic E-state index is -0.562. The highest BCUT2D eigenvalue weighted by Gasteiger charge is 2.20. The smallest absolute Gasteiger partial charge is 0.359 e. The first-order valence-electron chi connectivity index (χ1n) is 16.1. The van der Waals surface area contributed by atoms with E-state index in [0.717, 1.165) is 47.9 Å². The summed E-state index contributed by atoms with van der Waals surface area (Å²) in [7, 11) is 2.67. The Balaban J connectivity index is 0.000000206. The van der Waals surface area contributed by atoms with E-state index in [0.29, 0.717) is 18.5 Å². The average molecular weight is 865 g/mol. The van der Waals surface area contributed by atoms with Crippen molar-refractivity contribution in [3.8, 4) is 11.4 Å². The van der Waals surface area contributed by atoms with Gasteiger partial charge in [0.1, 0.15) is 0 Å². The fourth-order valence-corrected chi connectivity index (χ4v) is 5.88. The summed E-state index contributed by atoms with van der Waals surface area (Å²) in [5.41, 5.74) is 11.3. The Morgan fingerprint density at radius 2 is 1.11 bits per heavy atom. The second-order valence-electron chi connectivity index (χ2n) is 11.4. The van der Waals surface area contributed by atoms with Gasteiger partial charge in [-0.15, -0.1) is 0 Å². The lowest BCUT2D eigenvalue weighted by Gasteiger charge is -2.05. The Labute approximate surface area is 326 Å². The van der Waals surface area contributed by atoms with E-state index in [-0.39, 0.29) is 17.3 Å². The van der Waals surface area contributed by atoms with Gasteiger partial charge in [0.05, 0.1) is 36.6 Å². The van der Waals surface area contributed by atoms with Gasteiger partial charge in [0.25, 0.3) is 0 Å². The van der Waals surface area contributed by atoms with Crippen molar-refractivity contribution < 1.29 is 38.2 Å². The molecule has 0 saturated carbocycles. The van der Waals surface area contributed by atoms with Crippen molar-refractivity contribution in [3.05, 3.63) is 116 Å². The minimum Gasteiger partial charge on any atom is -0.464 e. The lowest BCUT2D eigenvalue weighted by molar-refractivity contribution is -0.156. The molecule has 0 fully saturated rings. The molecular weight excluding hydrogens is 828 g/mol. The predicted molar refractivity (Wildman–Crippen MR) is 208 cm³/mol. The molecule has 0 aliphatic heterocycles. The molecule has 0 atom stereocenters. The van der Waals surface area contributed by atoms with E-state index in [1.807, 2.05) is 84.9 Å². The Morgan fingerprint density at radius 3 is 1.48 bits per heavy atom. The predicted octanol–water partition coefficient (Wildman–Crippen LogP) is 6.34. The molecule has 14 nitrogen and oxygen atoms in total. The highest BCUT2D eigenvalue weighted by molar-refractivity contribution is 9.10. The maximum Gasteiger partial charge on any atom is 0.359 e. The van der Waals surface area contributed by atoms with Crippen LogP contribution in [0.2, 0.25) is 0 Å². The van der Waals surface area contributed by atoms with Gasteiger partial charge in [-0.25, -0.2) is 19.0 Å². The maximum absolute atomic E-state index is 12.1. The molecule has 0 unspecified atom stereocenters. The summed E-state index contributed by atoms with van der Waals surface area (Å²) in [5.74, 6) is -2.21. The van der Waals surface area contributed by atoms with Gasteiger partial charge in [-0.3, -0.25) is 14.4 Å². The normalized spacial score (nSPS) is 10.4. The summed E-state index contributed by atoms with van der Waals surface area (Å²) in [6, 6.07) is 26.7. The van der Waals surface area contributed by atoms with Crippen molar-refractivity contribution in [1.29, 1.82) is 0 Å². The van der Waals surface area contributed by atoms with Crippen LogP contribution in [-0.2, 0) is 41.7 Å². The number of aromatic nitrogens is 4. The molecule has 4 aromatic carbocycles. The largest absolute Gasteiger partial charge is 0.464 e. The number of hydrogen-bond acceptors (Lipinski definition) is 11. The van der Waals surface area contributed by atoms with Crippen LogP contribution in [-0.4, -0.2) is 63.6 Å². The third-order valence-electron chi connectivity index (χ3n) is 7.42. The number of esters is 4. The number of rotatable bonds is 7. The lowest BCUT2D eigenvalue weighted by atomic mass is 10.1. The number of carbonyl (C=O) groups is 5. The van der Waals surface area contributed by atoms with E-state index in [2.05, 4.69) is 52.1 Å². The van der Waals surface area contributed by atoms with Crippen molar-refractivity contribution in [2.75, 3.05) is 14.2 Å². The van der Waals surface area contributed by atoms with Crippen LogP contribution in [0, 0.1) is 0 Å². The van der Waals surface area contributed by atoms with Crippen LogP contribution < -0.4 is 11.1 Å². The summed E-state index contributed by atoms with van der Waals surface area (Å²) in [4.78, 5) is 54.9. The fourth-order valence-electron chi connectivity index (χ4n) is 5.10. The van der Waals surface area contributed by atoms with E-state index < -0.39 is 23.9 Å². The minimum absolute atomic E-state index is 0.113. The molecule has 0 spiro atoms. The monoisotopic (exact) mass is 862 g/mol. The van der Waals surface area contributed by atoms with Crippen molar-refractivity contribution in [2.45, 2.75) is 33.9 Å². The van der Waals surface area contributed by atoms with Crippen molar-refractivity contribution in [2.24, 2.45) is 5.73 Å². The van der Waals surface area contributed by atoms with Crippen LogP contribution >= 0.6 is 31.9 Å². The molecule has 1 amide bonds. The molecule has 0 aliphatic rings. The van der Waals surface area contributed by atoms with Crippen molar-refractivity contribution >= 4 is 83.5 Å². The zero-order chi connectivity index (χ0) is 39.5. The van der Waals surface area contributed by atoms with Crippen LogP contribution in [0.3, 0.4) is 0 Å². The number of benzene rings is 4. The molecule has 0 saturated heterocycles. The van der Waals surface area contributed by atoms with Gasteiger partial charge in [-0.1, -0.05) is 56.1 Å². The average Bonchev–Trinajstić information content (AvgIpc) is 3.72. The Bertz CT molecular complexity index is 2340. The number of hydrogen-bond donors (Lipinski definition) is 2. The second-order valence-corrected chi connectivity index (χ2v) is 13.2. The molecular formula is C38H36Br2N6O8. The number of ether oxygens (including phenoxy) is 3. The Kier molecular flexibility index (Phi) is 14.3. The van der Waals surface area contributed by atoms with Gasteiger partial charge in [-0.05, 0) is 71.8 Å². The molecule has 6 rings (SSSR count). The number of amides is 1. The van der Waals surface area contributed by atoms with Gasteiger partial charge in [0.15, 0.2) is 11.4 Å². The summed E-state index contributed by atoms with van der Waals surface area (Å²) in [5, 5.41) is 13.0. The van der Waals surface area contributed by atoms with Crippen LogP contribution in [0.5, 0.6) is 0 Å². The lowest BCUT2D eigenvalue weighted by Crippen LogP contribution is -2.18. The molecule has 2 heterocycles. The Hall–Kier alpha value is -5.71. The second kappa shape index (κ2) is 18.9. The van der Waals surface area contributed by atoms with Crippen LogP contribution in [0.15, 0.2) is 93.9 Å². The Morgan fingerprint density at radius 1 is 0.667 bits per heavy atom. The third-order valence-corrected chi connectivity index (χ3v) is 8.40. The molecule has 3 N–H and O–H groups in total. The van der Waals surface area contributed by atoms with Gasteiger partial charge in [-0.2, -0.15) is 10.2 Å². The zero-order valence-corrected chi connectivity index (χ0v) is 33.1. The summed E-state index contributed by atoms with van der Waals surface area (Å²) in [6.07, 6.45) is 0. The zero-order valence-electron chi connectivity index (χ0n) is 29.9. The summed E-state index contributed by atoms with van der Waals surface area (Å²) >= 11 is 6.89. The van der Waals surface area contributed by atoms with E-state index >= 15 is 0 Å². The highest BCUT2D eigenvalue weighted by atomic mass is 79.9. The molecule has 2 aromatic heterocycles. The number of nitrogens with one attached hydrogen (secondary N) is 1. The standard InChI is InChI=1S/C18H16BrN3O3.C16H14BrN3O2.C4H6O3/c1-11(23)20-10-12-6-7-16-15(8-12)17(18(24)25-2)21-22(16)14-5-3-4-13(19)9-14;1-22-16(21)15-13-7-10(9-18)5-6-14(13)20(19-15)12-4-2-3-11(17)8-12;1-3(5)7-4(2)6/h3-9H,10H2,1-2H3,(H,20,23);2-8H,9,18H2,1H3;1-2H3. The van der Waals surface area contributed by atoms with Crippen molar-refractivity contribution in [3.63, 3.8) is 0 Å². The summed E-state index contributed by atoms with van der Waals surface area (Å²) in [6.45, 7) is 4.61. The number of carbonyl (C=O) groups excluding carboxylic acids is 5. The maximum atomic E-state index is 12.1. The van der Waals surface area contributed by atoms with Gasteiger partial charge >= 0.3 is 23.9 Å². The van der Waals surface area contributed by atoms with Gasteiger partial charge < -0.3 is 25.3 Å². The fraction of sp³-hybridized carbons (Fsp3) is 0.184.